The highest BCUT2D eigenvalue weighted by Crippen LogP contribution is 2.12. The second-order valence-corrected chi connectivity index (χ2v) is 15.4. The molecule has 0 aliphatic rings. The second kappa shape index (κ2) is 39.1. The summed E-state index contributed by atoms with van der Waals surface area (Å²) in [7, 11) is 5.37. The standard InChI is InChI=1S/C49H79NO7/c1-6-8-10-12-14-16-18-20-22-23-24-26-28-30-32-34-36-38-40-48(52)57-45(43-55-42-41-46(49(53)54)50(3,4)5)44-56-47(51)39-37-35-33-31-29-27-25-21-19-17-15-13-11-9-7-2/h9,11,13-26,45-46H,6-8,10,12,27-44H2,1-5H3/b11-9+,15-13+,16-14+,19-17+,20-18+,23-22+,25-21+,26-24+. The molecule has 2 unspecified atom stereocenters. The highest BCUT2D eigenvalue weighted by molar-refractivity contribution is 5.70. The summed E-state index contributed by atoms with van der Waals surface area (Å²) in [5.41, 5.74) is 0. The molecule has 0 heterocycles. The molecule has 0 fully saturated rings. The Kier molecular flexibility index (Phi) is 36.5. The van der Waals surface area contributed by atoms with Gasteiger partial charge in [0.15, 0.2) is 6.10 Å². The summed E-state index contributed by atoms with van der Waals surface area (Å²) in [6.45, 7) is 4.41. The van der Waals surface area contributed by atoms with Gasteiger partial charge in [0.1, 0.15) is 12.6 Å². The molecule has 0 saturated heterocycles. The van der Waals surface area contributed by atoms with E-state index in [4.69, 9.17) is 14.2 Å². The Hall–Kier alpha value is -3.75. The van der Waals surface area contributed by atoms with Gasteiger partial charge in [-0.2, -0.15) is 0 Å². The van der Waals surface area contributed by atoms with Crippen LogP contribution in [-0.2, 0) is 28.6 Å². The van der Waals surface area contributed by atoms with Crippen LogP contribution in [-0.4, -0.2) is 75.5 Å². The lowest BCUT2D eigenvalue weighted by Crippen LogP contribution is -2.55. The van der Waals surface area contributed by atoms with Gasteiger partial charge in [-0.3, -0.25) is 9.59 Å². The van der Waals surface area contributed by atoms with Crippen LogP contribution in [0.3, 0.4) is 0 Å². The molecule has 0 aliphatic carbocycles. The Morgan fingerprint density at radius 1 is 0.544 bits per heavy atom. The molecule has 0 aromatic heterocycles. The molecule has 0 bridgehead atoms. The number of carbonyl (C=O) groups excluding carboxylic acids is 3. The first-order valence-corrected chi connectivity index (χ1v) is 21.9. The van der Waals surface area contributed by atoms with Crippen molar-refractivity contribution in [2.45, 2.75) is 154 Å². The van der Waals surface area contributed by atoms with E-state index in [0.717, 1.165) is 89.9 Å². The number of esters is 2. The third-order valence-electron chi connectivity index (χ3n) is 9.14. The van der Waals surface area contributed by atoms with Crippen molar-refractivity contribution < 1.29 is 38.2 Å². The smallest absolute Gasteiger partial charge is 0.306 e. The SMILES string of the molecule is CC/C=C/C=C/C=C/C=C/CCCCCCCC(=O)OCC(COCCC(C(=O)[O-])[N+](C)(C)C)OC(=O)CCCCCCC/C=C/C=C/C=C/C=C/CCCCC. The van der Waals surface area contributed by atoms with Crippen molar-refractivity contribution in [1.82, 2.24) is 0 Å². The van der Waals surface area contributed by atoms with Gasteiger partial charge < -0.3 is 28.6 Å². The number of nitrogens with zero attached hydrogens (tertiary/aromatic N) is 1. The maximum atomic E-state index is 12.7. The Bertz CT molecular complexity index is 1250. The lowest BCUT2D eigenvalue weighted by molar-refractivity contribution is -0.889. The molecule has 0 radical (unpaired) electrons. The van der Waals surface area contributed by atoms with Gasteiger partial charge in [-0.25, -0.2) is 0 Å². The number of hydrogen-bond donors (Lipinski definition) is 0. The largest absolute Gasteiger partial charge is 0.544 e. The van der Waals surface area contributed by atoms with Crippen molar-refractivity contribution in [2.24, 2.45) is 0 Å². The van der Waals surface area contributed by atoms with Gasteiger partial charge in [-0.15, -0.1) is 0 Å². The Morgan fingerprint density at radius 2 is 0.982 bits per heavy atom. The van der Waals surface area contributed by atoms with Crippen molar-refractivity contribution in [2.75, 3.05) is 41.0 Å². The van der Waals surface area contributed by atoms with E-state index in [0.29, 0.717) is 6.42 Å². The van der Waals surface area contributed by atoms with Crippen LogP contribution in [0.1, 0.15) is 142 Å². The maximum absolute atomic E-state index is 12.7. The van der Waals surface area contributed by atoms with E-state index in [1.165, 1.54) is 19.3 Å². The fourth-order valence-corrected chi connectivity index (χ4v) is 5.74. The molecule has 8 nitrogen and oxygen atoms in total. The van der Waals surface area contributed by atoms with E-state index in [9.17, 15) is 19.5 Å². The van der Waals surface area contributed by atoms with Crippen LogP contribution in [0.25, 0.3) is 0 Å². The Labute approximate surface area is 347 Å². The summed E-state index contributed by atoms with van der Waals surface area (Å²) in [5, 5.41) is 11.6. The molecule has 0 rings (SSSR count). The normalized spacial score (nSPS) is 13.9. The minimum atomic E-state index is -1.14. The number of carboxylic acid groups (broad SMARTS) is 1. The average molecular weight is 794 g/mol. The molecule has 8 heteroatoms. The number of carbonyl (C=O) groups is 3. The zero-order valence-corrected chi connectivity index (χ0v) is 36.5. The van der Waals surface area contributed by atoms with Gasteiger partial charge >= 0.3 is 11.9 Å². The van der Waals surface area contributed by atoms with Crippen LogP contribution >= 0.6 is 0 Å². The van der Waals surface area contributed by atoms with Gasteiger partial charge in [0.05, 0.1) is 40.3 Å². The molecule has 322 valence electrons. The van der Waals surface area contributed by atoms with Crippen molar-refractivity contribution >= 4 is 17.9 Å². The van der Waals surface area contributed by atoms with Crippen LogP contribution in [0.15, 0.2) is 97.2 Å². The van der Waals surface area contributed by atoms with E-state index in [1.807, 2.05) is 42.5 Å². The molecule has 0 spiro atoms. The number of hydrogen-bond acceptors (Lipinski definition) is 7. The lowest BCUT2D eigenvalue weighted by atomic mass is 10.1. The first-order valence-electron chi connectivity index (χ1n) is 21.9. The molecule has 0 saturated carbocycles. The van der Waals surface area contributed by atoms with E-state index in [-0.39, 0.29) is 49.1 Å². The molecule has 0 N–H and O–H groups in total. The number of quaternary nitrogens is 1. The fourth-order valence-electron chi connectivity index (χ4n) is 5.74. The zero-order chi connectivity index (χ0) is 42.1. The van der Waals surface area contributed by atoms with Crippen molar-refractivity contribution in [3.8, 4) is 0 Å². The van der Waals surface area contributed by atoms with E-state index in [2.05, 4.69) is 68.5 Å². The number of allylic oxidation sites excluding steroid dienone is 16. The van der Waals surface area contributed by atoms with Crippen LogP contribution in [0.2, 0.25) is 0 Å². The van der Waals surface area contributed by atoms with Gasteiger partial charge in [0.2, 0.25) is 0 Å². The number of likely N-dealkylation sites (N-methyl/N-ethyl adjacent to an activating group) is 1. The summed E-state index contributed by atoms with van der Waals surface area (Å²) in [6, 6.07) is -0.740. The third-order valence-corrected chi connectivity index (χ3v) is 9.14. The van der Waals surface area contributed by atoms with Crippen molar-refractivity contribution in [3.05, 3.63) is 97.2 Å². The van der Waals surface area contributed by atoms with Gasteiger partial charge in [-0.05, 0) is 57.8 Å². The van der Waals surface area contributed by atoms with Crippen LogP contribution < -0.4 is 5.11 Å². The summed E-state index contributed by atoms with van der Waals surface area (Å²) < 4.78 is 17.1. The monoisotopic (exact) mass is 794 g/mol. The molecular weight excluding hydrogens is 715 g/mol. The molecular formula is C49H79NO7. The minimum Gasteiger partial charge on any atom is -0.544 e. The van der Waals surface area contributed by atoms with Gasteiger partial charge in [0.25, 0.3) is 0 Å². The van der Waals surface area contributed by atoms with Crippen LogP contribution in [0, 0.1) is 0 Å². The predicted molar refractivity (Wildman–Crippen MR) is 235 cm³/mol. The third kappa shape index (κ3) is 37.6. The number of unbranched alkanes of at least 4 members (excludes halogenated alkanes) is 13. The van der Waals surface area contributed by atoms with Crippen LogP contribution in [0.5, 0.6) is 0 Å². The minimum absolute atomic E-state index is 0.0162. The predicted octanol–water partition coefficient (Wildman–Crippen LogP) is 10.6. The van der Waals surface area contributed by atoms with Gasteiger partial charge in [0, 0.05) is 19.3 Å². The summed E-state index contributed by atoms with van der Waals surface area (Å²) >= 11 is 0. The summed E-state index contributed by atoms with van der Waals surface area (Å²) in [4.78, 5) is 36.9. The topological polar surface area (TPSA) is 102 Å². The zero-order valence-electron chi connectivity index (χ0n) is 36.5. The molecule has 2 atom stereocenters. The van der Waals surface area contributed by atoms with Crippen molar-refractivity contribution in [1.29, 1.82) is 0 Å². The second-order valence-electron chi connectivity index (χ2n) is 15.4. The molecule has 0 amide bonds. The lowest BCUT2D eigenvalue weighted by Gasteiger charge is -2.34. The van der Waals surface area contributed by atoms with E-state index in [1.54, 1.807) is 21.1 Å². The average Bonchev–Trinajstić information content (AvgIpc) is 3.17. The van der Waals surface area contributed by atoms with Crippen molar-refractivity contribution in [3.63, 3.8) is 0 Å². The summed E-state index contributed by atoms with van der Waals surface area (Å²) in [6.07, 6.45) is 51.4. The molecule has 0 aromatic rings. The number of ether oxygens (including phenoxy) is 3. The quantitative estimate of drug-likeness (QED) is 0.0267. The summed E-state index contributed by atoms with van der Waals surface area (Å²) in [5.74, 6) is -1.81. The van der Waals surface area contributed by atoms with E-state index >= 15 is 0 Å². The number of aliphatic carboxylic acids is 1. The first kappa shape index (κ1) is 53.2. The van der Waals surface area contributed by atoms with Crippen LogP contribution in [0.4, 0.5) is 0 Å². The van der Waals surface area contributed by atoms with E-state index < -0.39 is 18.1 Å². The van der Waals surface area contributed by atoms with Gasteiger partial charge in [-0.1, -0.05) is 162 Å². The maximum Gasteiger partial charge on any atom is 0.306 e. The first-order chi connectivity index (χ1) is 27.6. The number of rotatable bonds is 37. The Balaban J connectivity index is 4.48. The number of carboxylic acids is 1. The fraction of sp³-hybridized carbons (Fsp3) is 0.612. The Morgan fingerprint density at radius 3 is 1.46 bits per heavy atom. The molecule has 0 aliphatic heterocycles. The molecule has 0 aromatic carbocycles. The molecule has 57 heavy (non-hydrogen) atoms. The highest BCUT2D eigenvalue weighted by Gasteiger charge is 2.25. The highest BCUT2D eigenvalue weighted by atomic mass is 16.6.